The highest BCUT2D eigenvalue weighted by molar-refractivity contribution is 8.00. The van der Waals surface area contributed by atoms with Gasteiger partial charge < -0.3 is 16.0 Å². The molecule has 0 aliphatic heterocycles. The summed E-state index contributed by atoms with van der Waals surface area (Å²) < 4.78 is 14.6. The van der Waals surface area contributed by atoms with Crippen LogP contribution in [0.2, 0.25) is 5.02 Å². The normalized spacial score (nSPS) is 11.1. The molecule has 0 saturated carbocycles. The van der Waals surface area contributed by atoms with Crippen molar-refractivity contribution < 1.29 is 23.7 Å². The van der Waals surface area contributed by atoms with Gasteiger partial charge in [-0.1, -0.05) is 54.1 Å². The quantitative estimate of drug-likeness (QED) is 0.0560. The summed E-state index contributed by atoms with van der Waals surface area (Å²) in [4.78, 5) is 54.5. The average Bonchev–Trinajstić information content (AvgIpc) is 3.54. The zero-order chi connectivity index (χ0) is 33.3. The molecule has 5 aromatic rings. The van der Waals surface area contributed by atoms with Crippen LogP contribution in [-0.4, -0.2) is 33.4 Å². The number of anilines is 2. The number of nitro benzene ring substituents is 1. The first kappa shape index (κ1) is 33.0. The van der Waals surface area contributed by atoms with Gasteiger partial charge in [0.25, 0.3) is 17.5 Å². The molecule has 4 aromatic carbocycles. The molecule has 0 aliphatic carbocycles. The molecule has 1 aromatic heterocycles. The van der Waals surface area contributed by atoms with Crippen LogP contribution in [-0.2, 0) is 9.59 Å². The fraction of sp³-hybridized carbons (Fsp3) is 0.0303. The van der Waals surface area contributed by atoms with Crippen LogP contribution in [0, 0.1) is 15.9 Å². The van der Waals surface area contributed by atoms with Gasteiger partial charge in [-0.15, -0.1) is 23.1 Å². The number of carbonyl (C=O) groups is 3. The number of nitrogens with zero attached hydrogens (tertiary/aromatic N) is 2. The van der Waals surface area contributed by atoms with Gasteiger partial charge in [0.1, 0.15) is 11.5 Å². The molecule has 0 unspecified atom stereocenters. The molecule has 1 heterocycles. The third-order valence-corrected chi connectivity index (χ3v) is 8.46. The summed E-state index contributed by atoms with van der Waals surface area (Å²) in [6.07, 6.45) is 1.17. The molecule has 0 saturated heterocycles. The zero-order valence-electron chi connectivity index (χ0n) is 24.1. The minimum atomic E-state index is -0.725. The number of thioether (sulfide) groups is 1. The molecule has 47 heavy (non-hydrogen) atoms. The number of nitro groups is 1. The number of thiazole rings is 1. The Morgan fingerprint density at radius 3 is 2.49 bits per heavy atom. The highest BCUT2D eigenvalue weighted by atomic mass is 35.5. The molecule has 10 nitrogen and oxygen atoms in total. The number of aromatic nitrogens is 1. The first-order valence-electron chi connectivity index (χ1n) is 13.7. The maximum atomic E-state index is 14.6. The second-order valence-corrected chi connectivity index (χ2v) is 12.0. The van der Waals surface area contributed by atoms with Gasteiger partial charge in [-0.05, 0) is 48.5 Å². The number of rotatable bonds is 11. The van der Waals surface area contributed by atoms with Crippen molar-refractivity contribution >= 4 is 75.0 Å². The van der Waals surface area contributed by atoms with E-state index in [2.05, 4.69) is 20.9 Å². The van der Waals surface area contributed by atoms with Crippen LogP contribution in [0.3, 0.4) is 0 Å². The van der Waals surface area contributed by atoms with Crippen LogP contribution in [0.25, 0.3) is 17.3 Å². The number of hydrogen-bond donors (Lipinski definition) is 3. The fourth-order valence-corrected chi connectivity index (χ4v) is 5.85. The maximum absolute atomic E-state index is 14.6. The summed E-state index contributed by atoms with van der Waals surface area (Å²) in [6, 6.07) is 25.1. The number of benzene rings is 4. The van der Waals surface area contributed by atoms with Crippen LogP contribution >= 0.6 is 34.7 Å². The Bertz CT molecular complexity index is 1980. The Labute approximate surface area is 280 Å². The van der Waals surface area contributed by atoms with E-state index in [1.807, 2.05) is 0 Å². The highest BCUT2D eigenvalue weighted by Gasteiger charge is 2.18. The molecule has 0 fully saturated rings. The minimum Gasteiger partial charge on any atom is -0.321 e. The smallest absolute Gasteiger partial charge is 0.272 e. The largest absolute Gasteiger partial charge is 0.321 e. The van der Waals surface area contributed by atoms with E-state index in [1.54, 1.807) is 72.1 Å². The van der Waals surface area contributed by atoms with Gasteiger partial charge in [0.2, 0.25) is 5.91 Å². The molecule has 0 aliphatic rings. The number of halogens is 2. The molecule has 14 heteroatoms. The lowest BCUT2D eigenvalue weighted by molar-refractivity contribution is -0.384. The van der Waals surface area contributed by atoms with Crippen LogP contribution < -0.4 is 16.0 Å². The van der Waals surface area contributed by atoms with Gasteiger partial charge in [0, 0.05) is 44.8 Å². The summed E-state index contributed by atoms with van der Waals surface area (Å²) in [5.41, 5.74) is 1.34. The van der Waals surface area contributed by atoms with Crippen molar-refractivity contribution in [1.29, 1.82) is 0 Å². The van der Waals surface area contributed by atoms with E-state index in [4.69, 9.17) is 11.6 Å². The Hall–Kier alpha value is -5.37. The molecule has 3 amide bonds. The molecule has 0 atom stereocenters. The highest BCUT2D eigenvalue weighted by Crippen LogP contribution is 2.28. The monoisotopic (exact) mass is 687 g/mol. The van der Waals surface area contributed by atoms with Crippen LogP contribution in [0.1, 0.15) is 15.9 Å². The van der Waals surface area contributed by atoms with E-state index >= 15 is 0 Å². The predicted octanol–water partition coefficient (Wildman–Crippen LogP) is 7.65. The van der Waals surface area contributed by atoms with Gasteiger partial charge in [0.15, 0.2) is 5.13 Å². The topological polar surface area (TPSA) is 143 Å². The summed E-state index contributed by atoms with van der Waals surface area (Å²) >= 11 is 8.58. The third-order valence-electron chi connectivity index (χ3n) is 6.38. The molecule has 236 valence electrons. The SMILES string of the molecule is O=C(CSc1cccc(NC(=O)/C(=C\c2c(F)cccc2Cl)NC(=O)c2ccccc2)c1)Nc1nc(-c2cccc([N+](=O)[O-])c2)cs1. The third kappa shape index (κ3) is 8.88. The van der Waals surface area contributed by atoms with E-state index in [1.165, 1.54) is 59.5 Å². The molecule has 0 spiro atoms. The van der Waals surface area contributed by atoms with Crippen molar-refractivity contribution in [2.24, 2.45) is 0 Å². The molecule has 0 bridgehead atoms. The number of non-ortho nitro benzene ring substituents is 1. The molecular formula is C33H23ClFN5O5S2. The van der Waals surface area contributed by atoms with E-state index in [-0.39, 0.29) is 33.6 Å². The van der Waals surface area contributed by atoms with Gasteiger partial charge >= 0.3 is 0 Å². The van der Waals surface area contributed by atoms with Crippen molar-refractivity contribution in [2.45, 2.75) is 4.90 Å². The predicted molar refractivity (Wildman–Crippen MR) is 182 cm³/mol. The second-order valence-electron chi connectivity index (χ2n) is 9.68. The number of nitrogens with one attached hydrogen (secondary N) is 3. The van der Waals surface area contributed by atoms with Crippen molar-refractivity contribution in [3.8, 4) is 11.3 Å². The lowest BCUT2D eigenvalue weighted by Gasteiger charge is -2.13. The Morgan fingerprint density at radius 1 is 0.957 bits per heavy atom. The molecular weight excluding hydrogens is 665 g/mol. The van der Waals surface area contributed by atoms with Gasteiger partial charge in [-0.3, -0.25) is 24.5 Å². The van der Waals surface area contributed by atoms with Gasteiger partial charge in [0.05, 0.1) is 21.4 Å². The van der Waals surface area contributed by atoms with Gasteiger partial charge in [-0.25, -0.2) is 9.37 Å². The summed E-state index contributed by atoms with van der Waals surface area (Å²) in [5, 5.41) is 21.1. The zero-order valence-corrected chi connectivity index (χ0v) is 26.5. The van der Waals surface area contributed by atoms with Crippen molar-refractivity contribution in [2.75, 3.05) is 16.4 Å². The maximum Gasteiger partial charge on any atom is 0.272 e. The van der Waals surface area contributed by atoms with Crippen molar-refractivity contribution in [3.05, 3.63) is 140 Å². The van der Waals surface area contributed by atoms with Gasteiger partial charge in [-0.2, -0.15) is 0 Å². The minimum absolute atomic E-state index is 0.0210. The Morgan fingerprint density at radius 2 is 1.72 bits per heavy atom. The van der Waals surface area contributed by atoms with Crippen LogP contribution in [0.5, 0.6) is 0 Å². The van der Waals surface area contributed by atoms with Crippen LogP contribution in [0.4, 0.5) is 20.9 Å². The molecule has 0 radical (unpaired) electrons. The summed E-state index contributed by atoms with van der Waals surface area (Å²) in [5.74, 6) is -2.29. The number of carbonyl (C=O) groups excluding carboxylic acids is 3. The number of hydrogen-bond acceptors (Lipinski definition) is 8. The first-order chi connectivity index (χ1) is 22.7. The van der Waals surface area contributed by atoms with E-state index in [0.717, 1.165) is 0 Å². The fourth-order valence-electron chi connectivity index (χ4n) is 4.14. The number of amides is 3. The van der Waals surface area contributed by atoms with E-state index in [9.17, 15) is 28.9 Å². The first-order valence-corrected chi connectivity index (χ1v) is 16.0. The lowest BCUT2D eigenvalue weighted by Crippen LogP contribution is -2.30. The Kier molecular flexibility index (Phi) is 10.7. The second kappa shape index (κ2) is 15.3. The average molecular weight is 688 g/mol. The van der Waals surface area contributed by atoms with Crippen molar-refractivity contribution in [1.82, 2.24) is 10.3 Å². The van der Waals surface area contributed by atoms with Crippen LogP contribution in [0.15, 0.2) is 113 Å². The summed E-state index contributed by atoms with van der Waals surface area (Å²) in [7, 11) is 0. The van der Waals surface area contributed by atoms with E-state index < -0.39 is 22.6 Å². The Balaban J connectivity index is 1.24. The molecule has 3 N–H and O–H groups in total. The van der Waals surface area contributed by atoms with Crippen molar-refractivity contribution in [3.63, 3.8) is 0 Å². The van der Waals surface area contributed by atoms with E-state index in [0.29, 0.717) is 32.5 Å². The molecule has 5 rings (SSSR count). The summed E-state index contributed by atoms with van der Waals surface area (Å²) in [6.45, 7) is 0. The standard InChI is InChI=1S/C33H23ClFN5O5S2/c34-26-13-6-14-27(35)25(26)17-28(37-31(42)20-7-2-1-3-8-20)32(43)36-22-10-5-12-24(16-22)46-19-30(41)39-33-38-29(18-47-33)21-9-4-11-23(15-21)40(44)45/h1-18H,19H2,(H,36,43)(H,37,42)(H,38,39,41)/b28-17+. The lowest BCUT2D eigenvalue weighted by atomic mass is 10.1.